The number of guanidine groups is 1. The minimum atomic E-state index is 0. The molecule has 3 rings (SSSR count). The number of aliphatic imine (C=N–C) groups is 1. The van der Waals surface area contributed by atoms with Gasteiger partial charge >= 0.3 is 0 Å². The molecule has 2 saturated heterocycles. The van der Waals surface area contributed by atoms with Gasteiger partial charge in [0.1, 0.15) is 0 Å². The number of nitrogens with one attached hydrogen (secondary N) is 2. The summed E-state index contributed by atoms with van der Waals surface area (Å²) < 4.78 is 0. The summed E-state index contributed by atoms with van der Waals surface area (Å²) in [6.07, 6.45) is 4.26. The number of carbonyl (C=O) groups is 1. The van der Waals surface area contributed by atoms with Crippen LogP contribution in [0.2, 0.25) is 0 Å². The van der Waals surface area contributed by atoms with Gasteiger partial charge in [-0.1, -0.05) is 12.1 Å². The van der Waals surface area contributed by atoms with Crippen LogP contribution in [0.3, 0.4) is 0 Å². The Balaban J connectivity index is 0.00000243. The maximum Gasteiger partial charge on any atom is 0.227 e. The van der Waals surface area contributed by atoms with Crippen molar-refractivity contribution >= 4 is 53.3 Å². The van der Waals surface area contributed by atoms with E-state index in [1.165, 1.54) is 18.6 Å². The van der Waals surface area contributed by atoms with Crippen LogP contribution in [-0.4, -0.2) is 42.5 Å². The number of amides is 1. The van der Waals surface area contributed by atoms with Gasteiger partial charge in [0.05, 0.1) is 6.54 Å². The number of halogens is 1. The van der Waals surface area contributed by atoms with Crippen LogP contribution in [0, 0.1) is 0 Å². The zero-order chi connectivity index (χ0) is 17.5. The number of hydrogen-bond acceptors (Lipinski definition) is 3. The quantitative estimate of drug-likeness (QED) is 0.366. The molecule has 0 bridgehead atoms. The zero-order valence-corrected chi connectivity index (χ0v) is 18.5. The van der Waals surface area contributed by atoms with Gasteiger partial charge in [0.2, 0.25) is 5.91 Å². The first-order valence-corrected chi connectivity index (χ1v) is 10.3. The molecule has 1 unspecified atom stereocenters. The molecule has 1 atom stereocenters. The third-order valence-electron chi connectivity index (χ3n) is 4.61. The summed E-state index contributed by atoms with van der Waals surface area (Å²) in [5, 5.41) is 7.48. The summed E-state index contributed by atoms with van der Waals surface area (Å²) >= 11 is 2.05. The highest BCUT2D eigenvalue weighted by molar-refractivity contribution is 14.0. The maximum atomic E-state index is 11.8. The Morgan fingerprint density at radius 3 is 2.69 bits per heavy atom. The van der Waals surface area contributed by atoms with Crippen molar-refractivity contribution < 1.29 is 4.79 Å². The molecule has 0 aliphatic carbocycles. The lowest BCUT2D eigenvalue weighted by atomic mass is 10.2. The van der Waals surface area contributed by atoms with Crippen LogP contribution < -0.4 is 15.5 Å². The third kappa shape index (κ3) is 6.04. The average Bonchev–Trinajstić information content (AvgIpc) is 3.29. The van der Waals surface area contributed by atoms with Crippen molar-refractivity contribution in [2.45, 2.75) is 44.4 Å². The largest absolute Gasteiger partial charge is 0.357 e. The van der Waals surface area contributed by atoms with Crippen molar-refractivity contribution in [1.82, 2.24) is 10.6 Å². The lowest BCUT2D eigenvalue weighted by Gasteiger charge is -2.16. The predicted molar refractivity (Wildman–Crippen MR) is 122 cm³/mol. The molecule has 144 valence electrons. The highest BCUT2D eigenvalue weighted by atomic mass is 127. The molecule has 1 aromatic rings. The lowest BCUT2D eigenvalue weighted by molar-refractivity contribution is -0.117. The summed E-state index contributed by atoms with van der Waals surface area (Å²) in [7, 11) is 0. The molecule has 26 heavy (non-hydrogen) atoms. The monoisotopic (exact) mass is 488 g/mol. The van der Waals surface area contributed by atoms with E-state index in [1.54, 1.807) is 0 Å². The van der Waals surface area contributed by atoms with Gasteiger partial charge in [-0.15, -0.1) is 24.0 Å². The summed E-state index contributed by atoms with van der Waals surface area (Å²) in [4.78, 5) is 18.4. The molecule has 5 nitrogen and oxygen atoms in total. The van der Waals surface area contributed by atoms with Gasteiger partial charge in [0, 0.05) is 37.0 Å². The fraction of sp³-hybridized carbons (Fsp3) is 0.579. The first-order chi connectivity index (χ1) is 12.3. The average molecular weight is 488 g/mol. The Kier molecular flexibility index (Phi) is 9.04. The van der Waals surface area contributed by atoms with Crippen molar-refractivity contribution in [3.05, 3.63) is 29.8 Å². The molecule has 1 aromatic carbocycles. The first kappa shape index (κ1) is 21.3. The highest BCUT2D eigenvalue weighted by Crippen LogP contribution is 2.25. The maximum absolute atomic E-state index is 11.8. The molecule has 1 amide bonds. The second-order valence-electron chi connectivity index (χ2n) is 6.53. The molecule has 2 heterocycles. The molecule has 0 saturated carbocycles. The van der Waals surface area contributed by atoms with Crippen LogP contribution in [0.1, 0.15) is 38.2 Å². The molecule has 0 radical (unpaired) electrons. The standard InChI is InChI=1S/C19H28N4OS.HI/c1-2-20-19(22-14-17-5-4-12-25-17)21-13-15-7-9-16(10-8-15)23-11-3-6-18(23)24;/h7-10,17H,2-6,11-14H2,1H3,(H2,20,21,22);1H. The minimum Gasteiger partial charge on any atom is -0.357 e. The van der Waals surface area contributed by atoms with E-state index < -0.39 is 0 Å². The van der Waals surface area contributed by atoms with Gasteiger partial charge < -0.3 is 15.5 Å². The molecule has 0 spiro atoms. The van der Waals surface area contributed by atoms with Crippen LogP contribution in [0.15, 0.2) is 29.3 Å². The van der Waals surface area contributed by atoms with Crippen LogP contribution in [0.4, 0.5) is 5.69 Å². The fourth-order valence-corrected chi connectivity index (χ4v) is 4.43. The van der Waals surface area contributed by atoms with E-state index in [0.717, 1.165) is 43.3 Å². The van der Waals surface area contributed by atoms with E-state index in [2.05, 4.69) is 41.5 Å². The summed E-state index contributed by atoms with van der Waals surface area (Å²) in [5.74, 6) is 2.40. The van der Waals surface area contributed by atoms with Gasteiger partial charge in [-0.2, -0.15) is 11.8 Å². The number of anilines is 1. The smallest absolute Gasteiger partial charge is 0.227 e. The van der Waals surface area contributed by atoms with Crippen molar-refractivity contribution in [2.24, 2.45) is 4.99 Å². The van der Waals surface area contributed by atoms with Gasteiger partial charge in [0.15, 0.2) is 5.96 Å². The molecule has 0 aromatic heterocycles. The normalized spacial score (nSPS) is 20.2. The van der Waals surface area contributed by atoms with E-state index in [9.17, 15) is 4.79 Å². The van der Waals surface area contributed by atoms with E-state index in [4.69, 9.17) is 4.99 Å². The summed E-state index contributed by atoms with van der Waals surface area (Å²) in [6, 6.07) is 8.20. The summed E-state index contributed by atoms with van der Waals surface area (Å²) in [6.45, 7) is 5.40. The number of benzene rings is 1. The van der Waals surface area contributed by atoms with Crippen molar-refractivity contribution in [3.63, 3.8) is 0 Å². The SMILES string of the molecule is CCNC(=NCc1ccc(N2CCCC2=O)cc1)NCC1CCCS1.I. The van der Waals surface area contributed by atoms with E-state index in [-0.39, 0.29) is 29.9 Å². The number of hydrogen-bond donors (Lipinski definition) is 2. The Morgan fingerprint density at radius 2 is 2.08 bits per heavy atom. The Hall–Kier alpha value is -0.960. The van der Waals surface area contributed by atoms with Crippen molar-refractivity contribution in [2.75, 3.05) is 30.3 Å². The van der Waals surface area contributed by atoms with Crippen LogP contribution in [0.5, 0.6) is 0 Å². The molecule has 2 fully saturated rings. The fourth-order valence-electron chi connectivity index (χ4n) is 3.23. The van der Waals surface area contributed by atoms with Crippen molar-refractivity contribution in [1.29, 1.82) is 0 Å². The lowest BCUT2D eigenvalue weighted by Crippen LogP contribution is -2.40. The second kappa shape index (κ2) is 11.0. The summed E-state index contributed by atoms with van der Waals surface area (Å²) in [5.41, 5.74) is 2.15. The molecule has 2 N–H and O–H groups in total. The minimum absolute atomic E-state index is 0. The molecule has 2 aliphatic heterocycles. The van der Waals surface area contributed by atoms with Crippen molar-refractivity contribution in [3.8, 4) is 0 Å². The Morgan fingerprint density at radius 1 is 1.27 bits per heavy atom. The number of nitrogens with zero attached hydrogens (tertiary/aromatic N) is 2. The molecule has 7 heteroatoms. The molecule has 2 aliphatic rings. The van der Waals surface area contributed by atoms with Crippen LogP contribution in [-0.2, 0) is 11.3 Å². The highest BCUT2D eigenvalue weighted by Gasteiger charge is 2.21. The van der Waals surface area contributed by atoms with Gasteiger partial charge in [-0.25, -0.2) is 4.99 Å². The van der Waals surface area contributed by atoms with E-state index >= 15 is 0 Å². The van der Waals surface area contributed by atoms with Crippen LogP contribution in [0.25, 0.3) is 0 Å². The topological polar surface area (TPSA) is 56.7 Å². The van der Waals surface area contributed by atoms with Crippen LogP contribution >= 0.6 is 35.7 Å². The van der Waals surface area contributed by atoms with Gasteiger partial charge in [0.25, 0.3) is 0 Å². The Bertz CT molecular complexity index is 602. The molecular formula is C19H29IN4OS. The second-order valence-corrected chi connectivity index (χ2v) is 7.93. The van der Waals surface area contributed by atoms with E-state index in [1.807, 2.05) is 17.0 Å². The number of thioether (sulfide) groups is 1. The van der Waals surface area contributed by atoms with Gasteiger partial charge in [-0.3, -0.25) is 4.79 Å². The number of carbonyl (C=O) groups excluding carboxylic acids is 1. The number of rotatable bonds is 6. The molecular weight excluding hydrogens is 459 g/mol. The third-order valence-corrected chi connectivity index (χ3v) is 6.00. The zero-order valence-electron chi connectivity index (χ0n) is 15.4. The first-order valence-electron chi connectivity index (χ1n) is 9.29. The Labute approximate surface area is 177 Å². The van der Waals surface area contributed by atoms with E-state index in [0.29, 0.717) is 18.2 Å². The predicted octanol–water partition coefficient (Wildman–Crippen LogP) is 3.38. The van der Waals surface area contributed by atoms with Gasteiger partial charge in [-0.05, 0) is 49.6 Å².